The topological polar surface area (TPSA) is 41.0 Å². The molecule has 2 rings (SSSR count). The lowest BCUT2D eigenvalue weighted by Crippen LogP contribution is -2.30. The van der Waals surface area contributed by atoms with Gasteiger partial charge in [0.05, 0.1) is 0 Å². The number of rotatable bonds is 6. The van der Waals surface area contributed by atoms with Crippen LogP contribution in [0, 0.1) is 0 Å². The van der Waals surface area contributed by atoms with Gasteiger partial charge in [-0.15, -0.1) is 0 Å². The molecule has 0 bridgehead atoms. The molecule has 0 aliphatic heterocycles. The van der Waals surface area contributed by atoms with Crippen LogP contribution in [0.2, 0.25) is 0 Å². The van der Waals surface area contributed by atoms with E-state index in [2.05, 4.69) is 47.3 Å². The third-order valence-corrected chi connectivity index (χ3v) is 3.91. The third-order valence-electron chi connectivity index (χ3n) is 3.24. The highest BCUT2D eigenvalue weighted by Crippen LogP contribution is 2.26. The Morgan fingerprint density at radius 2 is 2.11 bits per heavy atom. The second-order valence-electron chi connectivity index (χ2n) is 5.96. The minimum atomic E-state index is 0.0416. The molecule has 0 aromatic carbocycles. The molecule has 1 N–H and O–H groups in total. The van der Waals surface area contributed by atoms with Crippen molar-refractivity contribution in [3.63, 3.8) is 0 Å². The minimum Gasteiger partial charge on any atom is -0.359 e. The van der Waals surface area contributed by atoms with E-state index in [1.54, 1.807) is 0 Å². The van der Waals surface area contributed by atoms with Crippen LogP contribution in [0.1, 0.15) is 46.4 Å². The first kappa shape index (κ1) is 13.7. The van der Waals surface area contributed by atoms with E-state index in [1.807, 2.05) is 0 Å². The quantitative estimate of drug-likeness (QED) is 0.861. The number of nitrogens with zero attached hydrogens (tertiary/aromatic N) is 3. The summed E-state index contributed by atoms with van der Waals surface area (Å²) in [5.74, 6) is 0.935. The van der Waals surface area contributed by atoms with E-state index in [4.69, 9.17) is 0 Å². The van der Waals surface area contributed by atoms with Gasteiger partial charge in [-0.05, 0) is 19.4 Å². The molecule has 1 aliphatic rings. The second-order valence-corrected chi connectivity index (χ2v) is 6.71. The van der Waals surface area contributed by atoms with Gasteiger partial charge in [-0.2, -0.15) is 4.37 Å². The van der Waals surface area contributed by atoms with Gasteiger partial charge in [-0.1, -0.05) is 27.7 Å². The smallest absolute Gasteiger partial charge is 0.202 e. The first-order valence-electron chi connectivity index (χ1n) is 6.83. The van der Waals surface area contributed by atoms with Crippen LogP contribution in [-0.2, 0) is 5.41 Å². The summed E-state index contributed by atoms with van der Waals surface area (Å²) in [5, 5.41) is 4.34. The Balaban J connectivity index is 1.77. The molecule has 1 aliphatic carbocycles. The van der Waals surface area contributed by atoms with Gasteiger partial charge in [0.1, 0.15) is 5.82 Å². The van der Waals surface area contributed by atoms with Gasteiger partial charge in [0.2, 0.25) is 5.13 Å². The molecule has 1 aromatic heterocycles. The lowest BCUT2D eigenvalue weighted by Gasteiger charge is -2.19. The van der Waals surface area contributed by atoms with Crippen LogP contribution in [0.5, 0.6) is 0 Å². The number of nitrogens with one attached hydrogen (secondary N) is 1. The molecule has 1 heterocycles. The van der Waals surface area contributed by atoms with Crippen molar-refractivity contribution < 1.29 is 0 Å². The van der Waals surface area contributed by atoms with Crippen LogP contribution in [0.15, 0.2) is 0 Å². The summed E-state index contributed by atoms with van der Waals surface area (Å²) in [6, 6.07) is 0.844. The van der Waals surface area contributed by atoms with Gasteiger partial charge >= 0.3 is 0 Å². The molecule has 5 heteroatoms. The first-order valence-corrected chi connectivity index (χ1v) is 7.60. The maximum absolute atomic E-state index is 4.54. The summed E-state index contributed by atoms with van der Waals surface area (Å²) < 4.78 is 4.41. The molecule has 0 unspecified atom stereocenters. The van der Waals surface area contributed by atoms with Crippen LogP contribution < -0.4 is 5.32 Å². The highest BCUT2D eigenvalue weighted by Gasteiger charge is 2.27. The van der Waals surface area contributed by atoms with Crippen molar-refractivity contribution in [1.29, 1.82) is 0 Å². The maximum atomic E-state index is 4.54. The largest absolute Gasteiger partial charge is 0.359 e. The van der Waals surface area contributed by atoms with Gasteiger partial charge < -0.3 is 5.32 Å². The standard InChI is InChI=1S/C13H24N4S/c1-5-17(10-6-7-10)9-8-14-12-15-11(16-18-12)13(2,3)4/h10H,5-9H2,1-4H3,(H,14,15,16). The molecule has 0 atom stereocenters. The van der Waals surface area contributed by atoms with Crippen molar-refractivity contribution in [2.45, 2.75) is 52.0 Å². The van der Waals surface area contributed by atoms with Crippen LogP contribution >= 0.6 is 11.5 Å². The lowest BCUT2D eigenvalue weighted by molar-refractivity contribution is 0.289. The predicted octanol–water partition coefficient (Wildman–Crippen LogP) is 2.73. The molecule has 1 fully saturated rings. The number of anilines is 1. The molecule has 1 saturated carbocycles. The Labute approximate surface area is 114 Å². The van der Waals surface area contributed by atoms with E-state index in [-0.39, 0.29) is 5.41 Å². The summed E-state index contributed by atoms with van der Waals surface area (Å²) >= 11 is 1.47. The van der Waals surface area contributed by atoms with Crippen molar-refractivity contribution in [2.75, 3.05) is 25.0 Å². The zero-order valence-electron chi connectivity index (χ0n) is 11.9. The molecular formula is C13H24N4S. The number of aromatic nitrogens is 2. The number of likely N-dealkylation sites (N-methyl/N-ethyl adjacent to an activating group) is 1. The van der Waals surface area contributed by atoms with Gasteiger partial charge in [0.25, 0.3) is 0 Å². The monoisotopic (exact) mass is 268 g/mol. The van der Waals surface area contributed by atoms with Gasteiger partial charge in [0, 0.05) is 36.1 Å². The molecule has 0 radical (unpaired) electrons. The highest BCUT2D eigenvalue weighted by molar-refractivity contribution is 7.09. The molecule has 1 aromatic rings. The lowest BCUT2D eigenvalue weighted by atomic mass is 9.96. The second kappa shape index (κ2) is 5.53. The SMILES string of the molecule is CCN(CCNc1nc(C(C)(C)C)ns1)C1CC1. The van der Waals surface area contributed by atoms with Crippen molar-refractivity contribution in [3.8, 4) is 0 Å². The molecule has 18 heavy (non-hydrogen) atoms. The average Bonchev–Trinajstić information content (AvgIpc) is 3.01. The normalized spacial score (nSPS) is 16.3. The number of hydrogen-bond acceptors (Lipinski definition) is 5. The van der Waals surface area contributed by atoms with Gasteiger partial charge in [-0.25, -0.2) is 4.98 Å². The summed E-state index contributed by atoms with van der Waals surface area (Å²) in [6.07, 6.45) is 2.75. The fraction of sp³-hybridized carbons (Fsp3) is 0.846. The van der Waals surface area contributed by atoms with Crippen molar-refractivity contribution in [3.05, 3.63) is 5.82 Å². The zero-order valence-corrected chi connectivity index (χ0v) is 12.7. The van der Waals surface area contributed by atoms with Crippen molar-refractivity contribution in [1.82, 2.24) is 14.3 Å². The van der Waals surface area contributed by atoms with E-state index >= 15 is 0 Å². The summed E-state index contributed by atoms with van der Waals surface area (Å²) in [5.41, 5.74) is 0.0416. The fourth-order valence-corrected chi connectivity index (χ4v) is 2.73. The van der Waals surface area contributed by atoms with E-state index in [0.29, 0.717) is 0 Å². The highest BCUT2D eigenvalue weighted by atomic mass is 32.1. The van der Waals surface area contributed by atoms with Gasteiger partial charge in [0.15, 0.2) is 0 Å². The van der Waals surface area contributed by atoms with Crippen LogP contribution in [-0.4, -0.2) is 39.9 Å². The summed E-state index contributed by atoms with van der Waals surface area (Å²) in [6.45, 7) is 11.9. The Morgan fingerprint density at radius 3 is 2.61 bits per heavy atom. The molecule has 4 nitrogen and oxygen atoms in total. The Kier molecular flexibility index (Phi) is 4.22. The van der Waals surface area contributed by atoms with E-state index < -0.39 is 0 Å². The molecule has 0 saturated heterocycles. The fourth-order valence-electron chi connectivity index (χ4n) is 1.94. The van der Waals surface area contributed by atoms with E-state index in [9.17, 15) is 0 Å². The average molecular weight is 268 g/mol. The predicted molar refractivity (Wildman–Crippen MR) is 77.4 cm³/mol. The van der Waals surface area contributed by atoms with Crippen molar-refractivity contribution in [2.24, 2.45) is 0 Å². The Morgan fingerprint density at radius 1 is 1.39 bits per heavy atom. The molecule has 0 amide bonds. The third kappa shape index (κ3) is 3.65. The summed E-state index contributed by atoms with van der Waals surface area (Å²) in [4.78, 5) is 7.08. The Hall–Kier alpha value is -0.680. The number of hydrogen-bond donors (Lipinski definition) is 1. The van der Waals surface area contributed by atoms with Crippen LogP contribution in [0.25, 0.3) is 0 Å². The van der Waals surface area contributed by atoms with Crippen LogP contribution in [0.4, 0.5) is 5.13 Å². The van der Waals surface area contributed by atoms with Gasteiger partial charge in [-0.3, -0.25) is 4.90 Å². The van der Waals surface area contributed by atoms with E-state index in [0.717, 1.165) is 36.6 Å². The molecule has 102 valence electrons. The summed E-state index contributed by atoms with van der Waals surface area (Å²) in [7, 11) is 0. The van der Waals surface area contributed by atoms with E-state index in [1.165, 1.54) is 24.4 Å². The molecule has 0 spiro atoms. The van der Waals surface area contributed by atoms with Crippen LogP contribution in [0.3, 0.4) is 0 Å². The maximum Gasteiger partial charge on any atom is 0.202 e. The van der Waals surface area contributed by atoms with Crippen molar-refractivity contribution >= 4 is 16.7 Å². The minimum absolute atomic E-state index is 0.0416. The first-order chi connectivity index (χ1) is 8.50. The zero-order chi connectivity index (χ0) is 13.2. The Bertz CT molecular complexity index is 379. The molecular weight excluding hydrogens is 244 g/mol.